The lowest BCUT2D eigenvalue weighted by molar-refractivity contribution is -0.122. The van der Waals surface area contributed by atoms with Gasteiger partial charge in [-0.05, 0) is 18.2 Å². The van der Waals surface area contributed by atoms with Crippen LogP contribution in [0.1, 0.15) is 10.4 Å². The largest absolute Gasteiger partial charge is 0.493 e. The van der Waals surface area contributed by atoms with Crippen molar-refractivity contribution in [2.24, 2.45) is 0 Å². The molecule has 1 aromatic heterocycles. The number of amides is 2. The molecule has 0 aliphatic heterocycles. The second kappa shape index (κ2) is 8.95. The third-order valence-corrected chi connectivity index (χ3v) is 4.30. The lowest BCUT2D eigenvalue weighted by Crippen LogP contribution is -2.44. The van der Waals surface area contributed by atoms with Crippen LogP contribution in [0.15, 0.2) is 47.4 Å². The van der Waals surface area contributed by atoms with Crippen LogP contribution in [0.25, 0.3) is 10.8 Å². The Hall–Kier alpha value is -4.08. The van der Waals surface area contributed by atoms with Gasteiger partial charge in [0, 0.05) is 10.9 Å². The first-order valence-electron chi connectivity index (χ1n) is 8.82. The molecule has 3 rings (SSSR count). The molecule has 0 saturated carbocycles. The van der Waals surface area contributed by atoms with Crippen molar-refractivity contribution in [3.05, 3.63) is 58.5 Å². The van der Waals surface area contributed by atoms with Crippen molar-refractivity contribution in [3.63, 3.8) is 0 Å². The minimum Gasteiger partial charge on any atom is -0.493 e. The Morgan fingerprint density at radius 2 is 1.67 bits per heavy atom. The van der Waals surface area contributed by atoms with Crippen molar-refractivity contribution >= 4 is 22.6 Å². The number of methoxy groups -OCH3 is 3. The molecule has 2 amide bonds. The van der Waals surface area contributed by atoms with Crippen LogP contribution in [0.2, 0.25) is 0 Å². The van der Waals surface area contributed by atoms with E-state index in [1.165, 1.54) is 39.7 Å². The van der Waals surface area contributed by atoms with Gasteiger partial charge < -0.3 is 14.2 Å². The topological polar surface area (TPSA) is 121 Å². The number of hydrazine groups is 1. The van der Waals surface area contributed by atoms with Gasteiger partial charge in [-0.2, -0.15) is 5.10 Å². The number of aromatic nitrogens is 2. The first-order valence-corrected chi connectivity index (χ1v) is 8.82. The van der Waals surface area contributed by atoms with Gasteiger partial charge in [0.05, 0.1) is 32.9 Å². The number of nitrogens with zero attached hydrogens (tertiary/aromatic N) is 2. The predicted molar refractivity (Wildman–Crippen MR) is 108 cm³/mol. The van der Waals surface area contributed by atoms with E-state index in [1.807, 2.05) is 0 Å². The number of nitrogens with one attached hydrogen (secondary N) is 2. The van der Waals surface area contributed by atoms with Crippen LogP contribution < -0.4 is 30.6 Å². The summed E-state index contributed by atoms with van der Waals surface area (Å²) in [6, 6.07) is 9.81. The summed E-state index contributed by atoms with van der Waals surface area (Å²) in [4.78, 5) is 37.0. The van der Waals surface area contributed by atoms with Gasteiger partial charge in [0.2, 0.25) is 5.75 Å². The van der Waals surface area contributed by atoms with Crippen LogP contribution in [-0.2, 0) is 11.3 Å². The molecule has 0 saturated heterocycles. The molecular weight excluding hydrogens is 392 g/mol. The molecule has 3 aromatic rings. The molecule has 1 heterocycles. The third kappa shape index (κ3) is 4.17. The standard InChI is InChI=1S/C20H20N4O6/c1-28-15-8-13(9-16(29-2)18(15)30-3)19(26)23-22-17(25)11-24-20(27)14-7-5-4-6-12(14)10-21-24/h4-10H,11H2,1-3H3,(H,22,25)(H,23,26). The Morgan fingerprint density at radius 3 is 2.30 bits per heavy atom. The SMILES string of the molecule is COc1cc(C(=O)NNC(=O)Cn2ncc3ccccc3c2=O)cc(OC)c1OC. The van der Waals surface area contributed by atoms with Crippen molar-refractivity contribution < 1.29 is 23.8 Å². The van der Waals surface area contributed by atoms with Gasteiger partial charge >= 0.3 is 0 Å². The molecule has 0 aliphatic carbocycles. The molecule has 2 N–H and O–H groups in total. The molecule has 10 heteroatoms. The van der Waals surface area contributed by atoms with E-state index in [-0.39, 0.29) is 12.1 Å². The molecule has 0 fully saturated rings. The third-order valence-electron chi connectivity index (χ3n) is 4.30. The number of carbonyl (C=O) groups is 2. The quantitative estimate of drug-likeness (QED) is 0.577. The first-order chi connectivity index (χ1) is 14.5. The summed E-state index contributed by atoms with van der Waals surface area (Å²) in [6.07, 6.45) is 1.50. The maximum atomic E-state index is 12.4. The zero-order chi connectivity index (χ0) is 21.7. The number of hydrogen-bond donors (Lipinski definition) is 2. The average molecular weight is 412 g/mol. The van der Waals surface area contributed by atoms with Gasteiger partial charge in [-0.15, -0.1) is 0 Å². The van der Waals surface area contributed by atoms with Crippen molar-refractivity contribution in [1.82, 2.24) is 20.6 Å². The Bertz CT molecular complexity index is 1130. The van der Waals surface area contributed by atoms with Gasteiger partial charge in [-0.25, -0.2) is 4.68 Å². The molecule has 10 nitrogen and oxygen atoms in total. The molecule has 0 spiro atoms. The Labute approximate surface area is 171 Å². The minimum absolute atomic E-state index is 0.172. The lowest BCUT2D eigenvalue weighted by atomic mass is 10.1. The number of ether oxygens (including phenoxy) is 3. The average Bonchev–Trinajstić information content (AvgIpc) is 2.78. The Kier molecular flexibility index (Phi) is 6.16. The molecule has 0 bridgehead atoms. The van der Waals surface area contributed by atoms with Crippen LogP contribution >= 0.6 is 0 Å². The maximum Gasteiger partial charge on any atom is 0.275 e. The number of fused-ring (bicyclic) bond motifs is 1. The molecule has 0 unspecified atom stereocenters. The molecule has 156 valence electrons. The van der Waals surface area contributed by atoms with E-state index < -0.39 is 17.4 Å². The predicted octanol–water partition coefficient (Wildman–Crippen LogP) is 0.883. The van der Waals surface area contributed by atoms with Gasteiger partial charge in [0.1, 0.15) is 6.54 Å². The van der Waals surface area contributed by atoms with Crippen molar-refractivity contribution in [2.75, 3.05) is 21.3 Å². The van der Waals surface area contributed by atoms with E-state index in [0.717, 1.165) is 4.68 Å². The molecule has 2 aromatic carbocycles. The summed E-state index contributed by atoms with van der Waals surface area (Å²) in [5.74, 6) is -0.315. The van der Waals surface area contributed by atoms with Crippen LogP contribution in [0.3, 0.4) is 0 Å². The zero-order valence-corrected chi connectivity index (χ0v) is 16.6. The molecule has 0 radical (unpaired) electrons. The van der Waals surface area contributed by atoms with Gasteiger partial charge in [0.15, 0.2) is 11.5 Å². The Morgan fingerprint density at radius 1 is 1.00 bits per heavy atom. The second-order valence-electron chi connectivity index (χ2n) is 6.11. The van der Waals surface area contributed by atoms with E-state index >= 15 is 0 Å². The minimum atomic E-state index is -0.624. The summed E-state index contributed by atoms with van der Waals surface area (Å²) in [6.45, 7) is -0.362. The summed E-state index contributed by atoms with van der Waals surface area (Å²) in [7, 11) is 4.30. The molecule has 30 heavy (non-hydrogen) atoms. The molecule has 0 aliphatic rings. The van der Waals surface area contributed by atoms with Crippen molar-refractivity contribution in [2.45, 2.75) is 6.54 Å². The highest BCUT2D eigenvalue weighted by atomic mass is 16.5. The number of benzene rings is 2. The van der Waals surface area contributed by atoms with Gasteiger partial charge in [-0.3, -0.25) is 25.2 Å². The van der Waals surface area contributed by atoms with Crippen molar-refractivity contribution in [3.8, 4) is 17.2 Å². The van der Waals surface area contributed by atoms with E-state index in [2.05, 4.69) is 16.0 Å². The highest BCUT2D eigenvalue weighted by Gasteiger charge is 2.17. The maximum absolute atomic E-state index is 12.4. The van der Waals surface area contributed by atoms with E-state index in [4.69, 9.17) is 14.2 Å². The Balaban J connectivity index is 1.70. The van der Waals surface area contributed by atoms with E-state index in [0.29, 0.717) is 28.0 Å². The fourth-order valence-corrected chi connectivity index (χ4v) is 2.83. The van der Waals surface area contributed by atoms with E-state index in [1.54, 1.807) is 24.3 Å². The smallest absolute Gasteiger partial charge is 0.275 e. The van der Waals surface area contributed by atoms with Crippen LogP contribution in [0, 0.1) is 0 Å². The second-order valence-corrected chi connectivity index (χ2v) is 6.11. The lowest BCUT2D eigenvalue weighted by Gasteiger charge is -2.14. The monoisotopic (exact) mass is 412 g/mol. The number of rotatable bonds is 6. The van der Waals surface area contributed by atoms with Crippen LogP contribution in [-0.4, -0.2) is 42.9 Å². The number of hydrogen-bond acceptors (Lipinski definition) is 7. The number of carbonyl (C=O) groups excluding carboxylic acids is 2. The van der Waals surface area contributed by atoms with Gasteiger partial charge in [-0.1, -0.05) is 18.2 Å². The van der Waals surface area contributed by atoms with Crippen LogP contribution in [0.4, 0.5) is 0 Å². The highest BCUT2D eigenvalue weighted by Crippen LogP contribution is 2.38. The summed E-state index contributed by atoms with van der Waals surface area (Å²) < 4.78 is 16.6. The normalized spacial score (nSPS) is 10.4. The molecular formula is C20H20N4O6. The van der Waals surface area contributed by atoms with Gasteiger partial charge in [0.25, 0.3) is 17.4 Å². The van der Waals surface area contributed by atoms with Crippen molar-refractivity contribution in [1.29, 1.82) is 0 Å². The fraction of sp³-hybridized carbons (Fsp3) is 0.200. The summed E-state index contributed by atoms with van der Waals surface area (Å²) in [5.41, 5.74) is 4.31. The van der Waals surface area contributed by atoms with E-state index in [9.17, 15) is 14.4 Å². The summed E-state index contributed by atoms with van der Waals surface area (Å²) >= 11 is 0. The fourth-order valence-electron chi connectivity index (χ4n) is 2.83. The highest BCUT2D eigenvalue weighted by molar-refractivity contribution is 5.96. The van der Waals surface area contributed by atoms with Crippen LogP contribution in [0.5, 0.6) is 17.2 Å². The zero-order valence-electron chi connectivity index (χ0n) is 16.6. The summed E-state index contributed by atoms with van der Waals surface area (Å²) in [5, 5.41) is 5.10. The first kappa shape index (κ1) is 20.6. The molecule has 0 atom stereocenters.